The summed E-state index contributed by atoms with van der Waals surface area (Å²) in [7, 11) is 0. The molecule has 0 bridgehead atoms. The Labute approximate surface area is 119 Å². The molecule has 0 saturated heterocycles. The van der Waals surface area contributed by atoms with Crippen LogP contribution < -0.4 is 5.32 Å². The predicted molar refractivity (Wildman–Crippen MR) is 79.2 cm³/mol. The summed E-state index contributed by atoms with van der Waals surface area (Å²) in [6, 6.07) is 8.44. The van der Waals surface area contributed by atoms with E-state index in [1.165, 1.54) is 11.1 Å². The van der Waals surface area contributed by atoms with Crippen LogP contribution in [-0.2, 0) is 6.54 Å². The SMILES string of the molecule is Cc1ccc(CNc2nc(Br)cn3ccnc23)cc1. The summed E-state index contributed by atoms with van der Waals surface area (Å²) in [5, 5.41) is 3.33. The van der Waals surface area contributed by atoms with Crippen molar-refractivity contribution in [1.82, 2.24) is 14.4 Å². The number of rotatable bonds is 3. The van der Waals surface area contributed by atoms with Gasteiger partial charge in [0.05, 0.1) is 0 Å². The second-order valence-electron chi connectivity index (χ2n) is 4.41. The molecule has 1 N–H and O–H groups in total. The lowest BCUT2D eigenvalue weighted by molar-refractivity contribution is 1.05. The highest BCUT2D eigenvalue weighted by Crippen LogP contribution is 2.17. The molecule has 0 radical (unpaired) electrons. The molecule has 0 unspecified atom stereocenters. The van der Waals surface area contributed by atoms with E-state index in [1.807, 2.05) is 16.8 Å². The topological polar surface area (TPSA) is 42.2 Å². The molecule has 0 aliphatic carbocycles. The van der Waals surface area contributed by atoms with Gasteiger partial charge in [0.2, 0.25) is 0 Å². The van der Waals surface area contributed by atoms with Gasteiger partial charge in [-0.25, -0.2) is 9.97 Å². The molecule has 5 heteroatoms. The van der Waals surface area contributed by atoms with E-state index < -0.39 is 0 Å². The Morgan fingerprint density at radius 1 is 1.26 bits per heavy atom. The van der Waals surface area contributed by atoms with Crippen molar-refractivity contribution in [2.45, 2.75) is 13.5 Å². The fourth-order valence-electron chi connectivity index (χ4n) is 1.91. The van der Waals surface area contributed by atoms with Crippen LogP contribution in [0.3, 0.4) is 0 Å². The normalized spacial score (nSPS) is 10.8. The first-order chi connectivity index (χ1) is 9.22. The summed E-state index contributed by atoms with van der Waals surface area (Å²) in [5.74, 6) is 0.778. The molecule has 96 valence electrons. The third-order valence-corrected chi connectivity index (χ3v) is 3.31. The lowest BCUT2D eigenvalue weighted by Crippen LogP contribution is -2.04. The number of aryl methyl sites for hydroxylation is 1. The van der Waals surface area contributed by atoms with E-state index in [0.29, 0.717) is 0 Å². The summed E-state index contributed by atoms with van der Waals surface area (Å²) in [6.45, 7) is 2.81. The van der Waals surface area contributed by atoms with Crippen LogP contribution in [0.25, 0.3) is 5.65 Å². The Morgan fingerprint density at radius 2 is 2.05 bits per heavy atom. The number of imidazole rings is 1. The van der Waals surface area contributed by atoms with E-state index in [4.69, 9.17) is 0 Å². The molecule has 0 saturated carbocycles. The van der Waals surface area contributed by atoms with E-state index >= 15 is 0 Å². The smallest absolute Gasteiger partial charge is 0.180 e. The Morgan fingerprint density at radius 3 is 2.84 bits per heavy atom. The predicted octanol–water partition coefficient (Wildman–Crippen LogP) is 3.41. The van der Waals surface area contributed by atoms with Gasteiger partial charge >= 0.3 is 0 Å². The number of fused-ring (bicyclic) bond motifs is 1. The maximum absolute atomic E-state index is 4.43. The number of nitrogens with zero attached hydrogens (tertiary/aromatic N) is 3. The van der Waals surface area contributed by atoms with E-state index in [1.54, 1.807) is 6.20 Å². The highest BCUT2D eigenvalue weighted by atomic mass is 79.9. The molecule has 0 amide bonds. The van der Waals surface area contributed by atoms with Crippen LogP contribution in [0, 0.1) is 6.92 Å². The first kappa shape index (κ1) is 12.2. The average Bonchev–Trinajstić information content (AvgIpc) is 2.85. The number of anilines is 1. The van der Waals surface area contributed by atoms with Gasteiger partial charge in [-0.3, -0.25) is 0 Å². The molecule has 0 fully saturated rings. The number of nitrogens with one attached hydrogen (secondary N) is 1. The number of hydrogen-bond acceptors (Lipinski definition) is 3. The van der Waals surface area contributed by atoms with Gasteiger partial charge in [0.1, 0.15) is 4.60 Å². The zero-order valence-corrected chi connectivity index (χ0v) is 12.1. The number of aromatic nitrogens is 3. The standard InChI is InChI=1S/C14H13BrN4/c1-10-2-4-11(5-3-10)8-17-13-14-16-6-7-19(14)9-12(15)18-13/h2-7,9H,8H2,1H3,(H,17,18). The van der Waals surface area contributed by atoms with Crippen molar-refractivity contribution in [2.24, 2.45) is 0 Å². The minimum atomic E-state index is 0.728. The van der Waals surface area contributed by atoms with Gasteiger partial charge in [0.15, 0.2) is 11.5 Å². The fourth-order valence-corrected chi connectivity index (χ4v) is 2.31. The Hall–Kier alpha value is -1.88. The Balaban J connectivity index is 1.85. The van der Waals surface area contributed by atoms with Crippen LogP contribution in [0.15, 0.2) is 47.5 Å². The second kappa shape index (κ2) is 5.01. The van der Waals surface area contributed by atoms with Crippen LogP contribution >= 0.6 is 15.9 Å². The molecule has 4 nitrogen and oxygen atoms in total. The highest BCUT2D eigenvalue weighted by Gasteiger charge is 2.05. The fraction of sp³-hybridized carbons (Fsp3) is 0.143. The molecule has 0 aliphatic rings. The van der Waals surface area contributed by atoms with Crippen LogP contribution in [0.4, 0.5) is 5.82 Å². The molecule has 3 rings (SSSR count). The van der Waals surface area contributed by atoms with E-state index in [-0.39, 0.29) is 0 Å². The molecule has 0 spiro atoms. The first-order valence-corrected chi connectivity index (χ1v) is 6.80. The highest BCUT2D eigenvalue weighted by molar-refractivity contribution is 9.10. The molecule has 0 aliphatic heterocycles. The number of hydrogen-bond donors (Lipinski definition) is 1. The summed E-state index contributed by atoms with van der Waals surface area (Å²) in [5.41, 5.74) is 3.31. The summed E-state index contributed by atoms with van der Waals surface area (Å²) in [4.78, 5) is 8.73. The Bertz CT molecular complexity index is 703. The van der Waals surface area contributed by atoms with Crippen molar-refractivity contribution in [3.05, 3.63) is 58.6 Å². The van der Waals surface area contributed by atoms with Gasteiger partial charge in [0, 0.05) is 25.1 Å². The molecule has 2 aromatic heterocycles. The largest absolute Gasteiger partial charge is 0.363 e. The number of halogens is 1. The van der Waals surface area contributed by atoms with Crippen molar-refractivity contribution in [2.75, 3.05) is 5.32 Å². The molecule has 3 aromatic rings. The Kier molecular flexibility index (Phi) is 3.21. The van der Waals surface area contributed by atoms with Crippen molar-refractivity contribution >= 4 is 27.4 Å². The minimum absolute atomic E-state index is 0.728. The third kappa shape index (κ3) is 2.61. The molecular formula is C14H13BrN4. The van der Waals surface area contributed by atoms with Crippen molar-refractivity contribution < 1.29 is 0 Å². The van der Waals surface area contributed by atoms with E-state index in [2.05, 4.69) is 62.4 Å². The first-order valence-electron chi connectivity index (χ1n) is 6.01. The number of benzene rings is 1. The molecular weight excluding hydrogens is 304 g/mol. The van der Waals surface area contributed by atoms with Gasteiger partial charge in [-0.2, -0.15) is 0 Å². The molecule has 19 heavy (non-hydrogen) atoms. The van der Waals surface area contributed by atoms with Crippen LogP contribution in [-0.4, -0.2) is 14.4 Å². The van der Waals surface area contributed by atoms with Crippen molar-refractivity contribution in [3.8, 4) is 0 Å². The maximum Gasteiger partial charge on any atom is 0.180 e. The van der Waals surface area contributed by atoms with Gasteiger partial charge in [0.25, 0.3) is 0 Å². The van der Waals surface area contributed by atoms with Crippen LogP contribution in [0.1, 0.15) is 11.1 Å². The molecule has 2 heterocycles. The summed E-state index contributed by atoms with van der Waals surface area (Å²) >= 11 is 3.40. The van der Waals surface area contributed by atoms with Crippen LogP contribution in [0.2, 0.25) is 0 Å². The van der Waals surface area contributed by atoms with Crippen LogP contribution in [0.5, 0.6) is 0 Å². The van der Waals surface area contributed by atoms with Crippen molar-refractivity contribution in [1.29, 1.82) is 0 Å². The van der Waals surface area contributed by atoms with E-state index in [0.717, 1.165) is 22.6 Å². The summed E-state index contributed by atoms with van der Waals surface area (Å²) < 4.78 is 2.72. The van der Waals surface area contributed by atoms with Gasteiger partial charge < -0.3 is 9.72 Å². The zero-order valence-electron chi connectivity index (χ0n) is 10.5. The monoisotopic (exact) mass is 316 g/mol. The summed E-state index contributed by atoms with van der Waals surface area (Å²) in [6.07, 6.45) is 5.55. The average molecular weight is 317 g/mol. The molecule has 0 atom stereocenters. The lowest BCUT2D eigenvalue weighted by atomic mass is 10.1. The minimum Gasteiger partial charge on any atom is -0.363 e. The lowest BCUT2D eigenvalue weighted by Gasteiger charge is -2.08. The second-order valence-corrected chi connectivity index (χ2v) is 5.22. The van der Waals surface area contributed by atoms with Gasteiger partial charge in [-0.15, -0.1) is 0 Å². The molecule has 1 aromatic carbocycles. The quantitative estimate of drug-likeness (QED) is 0.805. The maximum atomic E-state index is 4.43. The zero-order chi connectivity index (χ0) is 13.2. The van der Waals surface area contributed by atoms with E-state index in [9.17, 15) is 0 Å². The van der Waals surface area contributed by atoms with Gasteiger partial charge in [-0.05, 0) is 28.4 Å². The third-order valence-electron chi connectivity index (χ3n) is 2.93. The van der Waals surface area contributed by atoms with Gasteiger partial charge in [-0.1, -0.05) is 29.8 Å². The van der Waals surface area contributed by atoms with Crippen molar-refractivity contribution in [3.63, 3.8) is 0 Å².